The van der Waals surface area contributed by atoms with Crippen LogP contribution >= 0.6 is 46.4 Å². The fraction of sp³-hybridized carbons (Fsp3) is 0.636. The lowest BCUT2D eigenvalue weighted by atomic mass is 9.84. The molecule has 1 N–H and O–H groups in total. The highest BCUT2D eigenvalue weighted by Crippen LogP contribution is 2.74. The summed E-state index contributed by atoms with van der Waals surface area (Å²) in [4.78, 5) is 20.8. The van der Waals surface area contributed by atoms with Gasteiger partial charge in [-0.15, -0.1) is 23.2 Å². The maximum atomic E-state index is 12.1. The molecule has 2 aliphatic carbocycles. The molecule has 20 heavy (non-hydrogen) atoms. The summed E-state index contributed by atoms with van der Waals surface area (Å²) < 4.78 is 10.8. The van der Waals surface area contributed by atoms with Crippen LogP contribution < -0.4 is 5.32 Å². The number of halogens is 4. The lowest BCUT2D eigenvalue weighted by Crippen LogP contribution is -2.59. The lowest BCUT2D eigenvalue weighted by Gasteiger charge is -2.41. The van der Waals surface area contributed by atoms with E-state index < -0.39 is 39.2 Å². The molecule has 3 aliphatic rings. The van der Waals surface area contributed by atoms with Crippen molar-refractivity contribution in [2.75, 3.05) is 14.2 Å². The summed E-state index contributed by atoms with van der Waals surface area (Å²) in [6, 6.07) is 0. The number of rotatable bonds is 2. The number of amides is 2. The summed E-state index contributed by atoms with van der Waals surface area (Å²) >= 11 is 25.6. The average Bonchev–Trinajstić information content (AvgIpc) is 2.85. The SMILES string of the molecule is COC1(OC)[C@@]2(Cl)C(Cl)=C(Cl)[C@@]1(Cl)[C@H]1C(=O)NC(=O)[C@H]12. The topological polar surface area (TPSA) is 64.6 Å². The maximum Gasteiger partial charge on any atom is 0.232 e. The molecule has 5 nitrogen and oxygen atoms in total. The van der Waals surface area contributed by atoms with E-state index in [0.717, 1.165) is 0 Å². The average molecular weight is 361 g/mol. The van der Waals surface area contributed by atoms with E-state index in [2.05, 4.69) is 5.32 Å². The number of carbonyl (C=O) groups is 2. The first-order chi connectivity index (χ1) is 9.24. The molecule has 2 bridgehead atoms. The Morgan fingerprint density at radius 2 is 1.30 bits per heavy atom. The molecule has 0 radical (unpaired) electrons. The van der Waals surface area contributed by atoms with Gasteiger partial charge in [-0.25, -0.2) is 0 Å². The van der Waals surface area contributed by atoms with Gasteiger partial charge < -0.3 is 9.47 Å². The molecule has 4 atom stereocenters. The summed E-state index contributed by atoms with van der Waals surface area (Å²) in [5, 5.41) is 2.12. The molecule has 0 unspecified atom stereocenters. The first-order valence-corrected chi connectivity index (χ1v) is 7.14. The number of fused-ring (bicyclic) bond motifs is 5. The summed E-state index contributed by atoms with van der Waals surface area (Å²) in [6.45, 7) is 0. The van der Waals surface area contributed by atoms with Gasteiger partial charge in [0.05, 0.1) is 21.9 Å². The maximum absolute atomic E-state index is 12.1. The molecular formula is C11H9Cl4NO4. The van der Waals surface area contributed by atoms with Gasteiger partial charge in [0.2, 0.25) is 17.6 Å². The zero-order valence-corrected chi connectivity index (χ0v) is 13.3. The Labute approximate surface area is 134 Å². The van der Waals surface area contributed by atoms with Gasteiger partial charge in [-0.3, -0.25) is 14.9 Å². The van der Waals surface area contributed by atoms with Crippen molar-refractivity contribution in [1.82, 2.24) is 5.32 Å². The van der Waals surface area contributed by atoms with Gasteiger partial charge >= 0.3 is 0 Å². The first-order valence-electron chi connectivity index (χ1n) is 5.63. The van der Waals surface area contributed by atoms with Crippen LogP contribution in [0.15, 0.2) is 10.1 Å². The van der Waals surface area contributed by atoms with Crippen LogP contribution in [0.5, 0.6) is 0 Å². The van der Waals surface area contributed by atoms with Crippen molar-refractivity contribution in [3.05, 3.63) is 10.1 Å². The van der Waals surface area contributed by atoms with Gasteiger partial charge in [-0.05, 0) is 0 Å². The second-order valence-corrected chi connectivity index (χ2v) is 6.83. The van der Waals surface area contributed by atoms with Crippen LogP contribution in [0.4, 0.5) is 0 Å². The van der Waals surface area contributed by atoms with Crippen molar-refractivity contribution in [3.63, 3.8) is 0 Å². The summed E-state index contributed by atoms with van der Waals surface area (Å²) in [6.07, 6.45) is 0. The predicted octanol–water partition coefficient (Wildman–Crippen LogP) is 1.54. The third-order valence-corrected chi connectivity index (χ3v) is 6.98. The molecule has 1 aliphatic heterocycles. The Balaban J connectivity index is 2.37. The summed E-state index contributed by atoms with van der Waals surface area (Å²) in [7, 11) is 2.61. The molecule has 0 aromatic heterocycles. The number of methoxy groups -OCH3 is 2. The molecule has 1 heterocycles. The van der Waals surface area contributed by atoms with Crippen LogP contribution in [0.25, 0.3) is 0 Å². The van der Waals surface area contributed by atoms with E-state index in [9.17, 15) is 9.59 Å². The molecule has 0 aromatic carbocycles. The van der Waals surface area contributed by atoms with E-state index in [0.29, 0.717) is 0 Å². The Hall–Kier alpha value is -0.0400. The molecule has 0 spiro atoms. The van der Waals surface area contributed by atoms with Crippen LogP contribution in [0.3, 0.4) is 0 Å². The molecule has 2 amide bonds. The lowest BCUT2D eigenvalue weighted by molar-refractivity contribution is -0.221. The van der Waals surface area contributed by atoms with E-state index in [1.807, 2.05) is 0 Å². The first kappa shape index (κ1) is 14.9. The number of nitrogens with one attached hydrogen (secondary N) is 1. The van der Waals surface area contributed by atoms with Crippen LogP contribution in [-0.2, 0) is 19.1 Å². The van der Waals surface area contributed by atoms with E-state index in [1.165, 1.54) is 14.2 Å². The zero-order valence-electron chi connectivity index (χ0n) is 10.3. The summed E-state index contributed by atoms with van der Waals surface area (Å²) in [5.41, 5.74) is 0. The van der Waals surface area contributed by atoms with E-state index >= 15 is 0 Å². The monoisotopic (exact) mass is 359 g/mol. The number of ether oxygens (including phenoxy) is 2. The standard InChI is InChI=1S/C11H9Cl4NO4/c1-19-11(20-2)9(14)3-4(8(18)16-7(3)17)10(11,15)6(13)5(9)12/h3-4H,1-2H3,(H,16,17,18)/t3-,4+,9-,10-/m0/s1. The van der Waals surface area contributed by atoms with Crippen molar-refractivity contribution < 1.29 is 19.1 Å². The van der Waals surface area contributed by atoms with Gasteiger partial charge in [0.1, 0.15) is 9.75 Å². The van der Waals surface area contributed by atoms with Gasteiger partial charge in [0.25, 0.3) is 0 Å². The van der Waals surface area contributed by atoms with Crippen LogP contribution in [-0.4, -0.2) is 41.6 Å². The highest BCUT2D eigenvalue weighted by atomic mass is 35.5. The molecule has 110 valence electrons. The Morgan fingerprint density at radius 1 is 0.950 bits per heavy atom. The third-order valence-electron chi connectivity index (χ3n) is 4.37. The number of hydrogen-bond acceptors (Lipinski definition) is 4. The molecule has 1 saturated carbocycles. The number of hydrogen-bond donors (Lipinski definition) is 1. The van der Waals surface area contributed by atoms with E-state index in [-0.39, 0.29) is 10.1 Å². The minimum atomic E-state index is -1.71. The van der Waals surface area contributed by atoms with Crippen molar-refractivity contribution in [1.29, 1.82) is 0 Å². The largest absolute Gasteiger partial charge is 0.350 e. The minimum absolute atomic E-state index is 0.0365. The molecule has 3 rings (SSSR count). The van der Waals surface area contributed by atoms with Crippen molar-refractivity contribution in [3.8, 4) is 0 Å². The van der Waals surface area contributed by atoms with Crippen LogP contribution in [0, 0.1) is 11.8 Å². The quantitative estimate of drug-likeness (QED) is 0.461. The molecule has 9 heteroatoms. The van der Waals surface area contributed by atoms with E-state index in [4.69, 9.17) is 55.9 Å². The number of alkyl halides is 2. The van der Waals surface area contributed by atoms with Gasteiger partial charge in [0, 0.05) is 14.2 Å². The normalized spacial score (nSPS) is 45.1. The highest BCUT2D eigenvalue weighted by Gasteiger charge is 2.88. The van der Waals surface area contributed by atoms with Gasteiger partial charge in [0.15, 0.2) is 0 Å². The second-order valence-electron chi connectivity index (χ2n) is 4.89. The van der Waals surface area contributed by atoms with Crippen LogP contribution in [0.2, 0.25) is 0 Å². The molecule has 2 fully saturated rings. The van der Waals surface area contributed by atoms with Crippen molar-refractivity contribution >= 4 is 58.2 Å². The number of imide groups is 1. The van der Waals surface area contributed by atoms with Crippen molar-refractivity contribution in [2.45, 2.75) is 15.5 Å². The smallest absolute Gasteiger partial charge is 0.232 e. The Kier molecular flexibility index (Phi) is 3.00. The van der Waals surface area contributed by atoms with Gasteiger partial charge in [-0.1, -0.05) is 23.2 Å². The Morgan fingerprint density at radius 3 is 1.60 bits per heavy atom. The minimum Gasteiger partial charge on any atom is -0.350 e. The predicted molar refractivity (Wildman–Crippen MR) is 72.8 cm³/mol. The van der Waals surface area contributed by atoms with Crippen molar-refractivity contribution in [2.24, 2.45) is 11.8 Å². The second kappa shape index (κ2) is 4.03. The fourth-order valence-corrected chi connectivity index (χ4v) is 5.81. The fourth-order valence-electron chi connectivity index (χ4n) is 3.63. The molecule has 1 saturated heterocycles. The zero-order chi connectivity index (χ0) is 15.1. The van der Waals surface area contributed by atoms with Gasteiger partial charge in [-0.2, -0.15) is 0 Å². The molecule has 0 aromatic rings. The van der Waals surface area contributed by atoms with Crippen LogP contribution in [0.1, 0.15) is 0 Å². The van der Waals surface area contributed by atoms with E-state index in [1.54, 1.807) is 0 Å². The summed E-state index contributed by atoms with van der Waals surface area (Å²) in [5.74, 6) is -4.87. The molecular weight excluding hydrogens is 352 g/mol. The number of carbonyl (C=O) groups excluding carboxylic acids is 2. The highest BCUT2D eigenvalue weighted by molar-refractivity contribution is 6.53. The Bertz CT molecular complexity index is 531. The third kappa shape index (κ3) is 1.12.